The molecular weight excluding hydrogens is 419 g/mol. The molecule has 1 aliphatic carbocycles. The molecule has 1 atom stereocenters. The molecule has 0 spiro atoms. The van der Waals surface area contributed by atoms with Crippen molar-refractivity contribution in [3.05, 3.63) is 74.9 Å². The second-order valence-electron chi connectivity index (χ2n) is 7.40. The third-order valence-corrected chi connectivity index (χ3v) is 7.10. The van der Waals surface area contributed by atoms with E-state index >= 15 is 0 Å². The van der Waals surface area contributed by atoms with Gasteiger partial charge in [-0.25, -0.2) is 4.39 Å². The molecule has 0 bridgehead atoms. The number of anilines is 1. The fraction of sp³-hybridized carbons (Fsp3) is 0.304. The molecule has 4 nitrogen and oxygen atoms in total. The Morgan fingerprint density at radius 1 is 1.03 bits per heavy atom. The van der Waals surface area contributed by atoms with Crippen molar-refractivity contribution in [2.75, 3.05) is 4.90 Å². The van der Waals surface area contributed by atoms with E-state index < -0.39 is 6.04 Å². The van der Waals surface area contributed by atoms with E-state index in [0.29, 0.717) is 5.69 Å². The Hall–Kier alpha value is -2.51. The average Bonchev–Trinajstić information content (AvgIpc) is 3.50. The molecule has 3 aromatic rings. The van der Waals surface area contributed by atoms with Crippen molar-refractivity contribution in [2.24, 2.45) is 0 Å². The molecule has 2 heterocycles. The fourth-order valence-electron chi connectivity index (χ4n) is 3.86. The van der Waals surface area contributed by atoms with Crippen LogP contribution in [0.15, 0.2) is 59.3 Å². The first-order valence-corrected chi connectivity index (χ1v) is 11.8. The first kappa shape index (κ1) is 20.8. The summed E-state index contributed by atoms with van der Waals surface area (Å²) in [6.45, 7) is 0. The second-order valence-corrected chi connectivity index (χ2v) is 9.42. The number of amides is 2. The van der Waals surface area contributed by atoms with Crippen LogP contribution in [0.4, 0.5) is 10.1 Å². The molecular formula is C23H23FN2O2S2. The van der Waals surface area contributed by atoms with Gasteiger partial charge in [-0.1, -0.05) is 25.0 Å². The predicted octanol–water partition coefficient (Wildman–Crippen LogP) is 5.32. The normalized spacial score (nSPS) is 15.1. The van der Waals surface area contributed by atoms with Crippen molar-refractivity contribution in [3.63, 3.8) is 0 Å². The summed E-state index contributed by atoms with van der Waals surface area (Å²) in [5.74, 6) is -0.760. The van der Waals surface area contributed by atoms with Gasteiger partial charge in [-0.2, -0.15) is 0 Å². The molecule has 2 aromatic heterocycles. The molecule has 1 fully saturated rings. The van der Waals surface area contributed by atoms with Gasteiger partial charge in [-0.3, -0.25) is 14.5 Å². The fourth-order valence-corrected chi connectivity index (χ4v) is 5.37. The molecule has 1 aromatic carbocycles. The second kappa shape index (κ2) is 9.53. The molecule has 30 heavy (non-hydrogen) atoms. The zero-order valence-corrected chi connectivity index (χ0v) is 18.1. The van der Waals surface area contributed by atoms with E-state index in [9.17, 15) is 14.0 Å². The predicted molar refractivity (Wildman–Crippen MR) is 119 cm³/mol. The lowest BCUT2D eigenvalue weighted by atomic mass is 10.1. The number of hydrogen-bond acceptors (Lipinski definition) is 4. The third-order valence-electron chi connectivity index (χ3n) is 5.30. The third kappa shape index (κ3) is 4.79. The van der Waals surface area contributed by atoms with Crippen molar-refractivity contribution < 1.29 is 14.0 Å². The van der Waals surface area contributed by atoms with Gasteiger partial charge < -0.3 is 5.32 Å². The minimum Gasteiger partial charge on any atom is -0.351 e. The molecule has 0 aliphatic heterocycles. The maximum atomic E-state index is 13.6. The Labute approximate surface area is 183 Å². The number of nitrogens with zero attached hydrogens (tertiary/aromatic N) is 1. The van der Waals surface area contributed by atoms with Crippen LogP contribution in [0.2, 0.25) is 0 Å². The highest BCUT2D eigenvalue weighted by atomic mass is 32.1. The Bertz CT molecular complexity index is 965. The lowest BCUT2D eigenvalue weighted by molar-refractivity contribution is -0.126. The average molecular weight is 443 g/mol. The number of thiophene rings is 2. The maximum Gasteiger partial charge on any atom is 0.248 e. The summed E-state index contributed by atoms with van der Waals surface area (Å²) in [6.07, 6.45) is 4.32. The lowest BCUT2D eigenvalue weighted by Crippen LogP contribution is -2.46. The van der Waals surface area contributed by atoms with Crippen LogP contribution >= 0.6 is 22.7 Å². The van der Waals surface area contributed by atoms with Crippen LogP contribution in [-0.2, 0) is 16.0 Å². The van der Waals surface area contributed by atoms with Crippen molar-refractivity contribution in [1.29, 1.82) is 0 Å². The number of benzene rings is 1. The van der Waals surface area contributed by atoms with Crippen LogP contribution in [0, 0.1) is 5.82 Å². The molecule has 0 saturated heterocycles. The molecule has 156 valence electrons. The molecule has 1 aliphatic rings. The van der Waals surface area contributed by atoms with Gasteiger partial charge in [-0.05, 0) is 60.0 Å². The zero-order chi connectivity index (χ0) is 20.9. The number of halogens is 1. The molecule has 0 unspecified atom stereocenters. The van der Waals surface area contributed by atoms with Gasteiger partial charge >= 0.3 is 0 Å². The van der Waals surface area contributed by atoms with E-state index in [1.54, 1.807) is 12.1 Å². The molecule has 1 saturated carbocycles. The molecule has 7 heteroatoms. The van der Waals surface area contributed by atoms with Crippen molar-refractivity contribution in [2.45, 2.75) is 44.2 Å². The minimum atomic E-state index is -0.788. The standard InChI is InChI=1S/C23H23FN2O2S2/c24-16-9-11-18(12-10-16)26(21(27)15-19-7-3-13-29-19)22(20-8-4-14-30-20)23(28)25-17-5-1-2-6-17/h3-4,7-14,17,22H,1-2,5-6,15H2,(H,25,28)/t22-/m0/s1. The minimum absolute atomic E-state index is 0.141. The summed E-state index contributed by atoms with van der Waals surface area (Å²) in [5.41, 5.74) is 0.512. The molecule has 1 N–H and O–H groups in total. The Morgan fingerprint density at radius 3 is 2.37 bits per heavy atom. The molecule has 2 amide bonds. The van der Waals surface area contributed by atoms with Crippen LogP contribution in [0.5, 0.6) is 0 Å². The van der Waals surface area contributed by atoms with Crippen LogP contribution in [-0.4, -0.2) is 17.9 Å². The monoisotopic (exact) mass is 442 g/mol. The van der Waals surface area contributed by atoms with Gasteiger partial charge in [0.05, 0.1) is 6.42 Å². The lowest BCUT2D eigenvalue weighted by Gasteiger charge is -2.31. The van der Waals surface area contributed by atoms with Crippen molar-refractivity contribution in [1.82, 2.24) is 5.32 Å². The number of carbonyl (C=O) groups excluding carboxylic acids is 2. The van der Waals surface area contributed by atoms with E-state index in [2.05, 4.69) is 5.32 Å². The van der Waals surface area contributed by atoms with E-state index in [4.69, 9.17) is 0 Å². The highest BCUT2D eigenvalue weighted by Gasteiger charge is 2.35. The number of hydrogen-bond donors (Lipinski definition) is 1. The van der Waals surface area contributed by atoms with Gasteiger partial charge in [0.15, 0.2) is 0 Å². The van der Waals surface area contributed by atoms with Gasteiger partial charge in [0.2, 0.25) is 11.8 Å². The summed E-state index contributed by atoms with van der Waals surface area (Å²) in [4.78, 5) is 30.1. The quantitative estimate of drug-likeness (QED) is 0.538. The first-order valence-electron chi connectivity index (χ1n) is 10.1. The van der Waals surface area contributed by atoms with Crippen LogP contribution in [0.1, 0.15) is 41.5 Å². The van der Waals surface area contributed by atoms with Crippen LogP contribution in [0.25, 0.3) is 0 Å². The van der Waals surface area contributed by atoms with Crippen molar-refractivity contribution >= 4 is 40.2 Å². The van der Waals surface area contributed by atoms with Crippen LogP contribution < -0.4 is 10.2 Å². The number of rotatable bonds is 7. The SMILES string of the molecule is O=C(NC1CCCC1)[C@H](c1cccs1)N(C(=O)Cc1cccs1)c1ccc(F)cc1. The van der Waals surface area contributed by atoms with Crippen molar-refractivity contribution in [3.8, 4) is 0 Å². The zero-order valence-electron chi connectivity index (χ0n) is 16.4. The smallest absolute Gasteiger partial charge is 0.248 e. The highest BCUT2D eigenvalue weighted by molar-refractivity contribution is 7.10. The maximum absolute atomic E-state index is 13.6. The summed E-state index contributed by atoms with van der Waals surface area (Å²) < 4.78 is 13.6. The van der Waals surface area contributed by atoms with Gasteiger partial charge in [-0.15, -0.1) is 22.7 Å². The van der Waals surface area contributed by atoms with Gasteiger partial charge in [0.1, 0.15) is 11.9 Å². The molecule has 4 rings (SSSR count). The summed E-state index contributed by atoms with van der Waals surface area (Å²) in [5, 5.41) is 6.97. The van der Waals surface area contributed by atoms with Crippen LogP contribution in [0.3, 0.4) is 0 Å². The van der Waals surface area contributed by atoms with E-state index in [1.165, 1.54) is 39.7 Å². The first-order chi connectivity index (χ1) is 14.6. The molecule has 0 radical (unpaired) electrons. The van der Waals surface area contributed by atoms with E-state index in [0.717, 1.165) is 35.4 Å². The number of nitrogens with one attached hydrogen (secondary N) is 1. The Balaban J connectivity index is 1.70. The van der Waals surface area contributed by atoms with E-state index in [1.807, 2.05) is 35.0 Å². The summed E-state index contributed by atoms with van der Waals surface area (Å²) >= 11 is 2.95. The Kier molecular flexibility index (Phi) is 6.59. The largest absolute Gasteiger partial charge is 0.351 e. The summed E-state index contributed by atoms with van der Waals surface area (Å²) in [7, 11) is 0. The summed E-state index contributed by atoms with van der Waals surface area (Å²) in [6, 6.07) is 12.7. The number of carbonyl (C=O) groups is 2. The van der Waals surface area contributed by atoms with Gasteiger partial charge in [0.25, 0.3) is 0 Å². The van der Waals surface area contributed by atoms with Gasteiger partial charge in [0, 0.05) is 21.5 Å². The Morgan fingerprint density at radius 2 is 1.73 bits per heavy atom. The van der Waals surface area contributed by atoms with E-state index in [-0.39, 0.29) is 30.1 Å². The topological polar surface area (TPSA) is 49.4 Å². The highest BCUT2D eigenvalue weighted by Crippen LogP contribution is 2.32.